The van der Waals surface area contributed by atoms with Gasteiger partial charge in [0.1, 0.15) is 28.7 Å². The average molecular weight is 402 g/mol. The van der Waals surface area contributed by atoms with Crippen molar-refractivity contribution in [3.05, 3.63) is 71.4 Å². The van der Waals surface area contributed by atoms with Crippen molar-refractivity contribution in [2.24, 2.45) is 16.1 Å². The van der Waals surface area contributed by atoms with Crippen LogP contribution in [-0.2, 0) is 10.2 Å². The molecular formula is C21H21F3N4O. The van der Waals surface area contributed by atoms with Gasteiger partial charge in [0, 0.05) is 18.0 Å². The van der Waals surface area contributed by atoms with Crippen LogP contribution in [0.5, 0.6) is 0 Å². The minimum absolute atomic E-state index is 0.0506. The van der Waals surface area contributed by atoms with E-state index in [1.165, 1.54) is 30.5 Å². The molecule has 1 aromatic heterocycles. The summed E-state index contributed by atoms with van der Waals surface area (Å²) in [6.45, 7) is 5.26. The molecule has 1 aliphatic rings. The first kappa shape index (κ1) is 20.6. The monoisotopic (exact) mass is 402 g/mol. The quantitative estimate of drug-likeness (QED) is 0.584. The standard InChI is InChI=1S/C21H21F3N4O/c1-12(27-16-7-6-13(22)10-15(16)24)9-17(25)28-19(29)21(11-20(21,2)3)18-14(23)5-4-8-26-18/h4-10,27H,11H2,1-3H3,(H2,25,28,29)/b12-9-. The van der Waals surface area contributed by atoms with Crippen LogP contribution < -0.4 is 11.1 Å². The van der Waals surface area contributed by atoms with E-state index in [1.807, 2.05) is 13.8 Å². The highest BCUT2D eigenvalue weighted by Crippen LogP contribution is 2.64. The Bertz CT molecular complexity index is 1030. The summed E-state index contributed by atoms with van der Waals surface area (Å²) >= 11 is 0. The number of hydrogen-bond donors (Lipinski definition) is 2. The van der Waals surface area contributed by atoms with Crippen molar-refractivity contribution in [2.75, 3.05) is 5.32 Å². The number of carbonyl (C=O) groups is 1. The Balaban J connectivity index is 1.84. The molecule has 1 unspecified atom stereocenters. The van der Waals surface area contributed by atoms with Gasteiger partial charge in [0.2, 0.25) is 0 Å². The third kappa shape index (κ3) is 3.87. The number of benzene rings is 1. The third-order valence-electron chi connectivity index (χ3n) is 5.12. The number of pyridine rings is 1. The number of rotatable bonds is 5. The molecule has 1 saturated carbocycles. The molecule has 3 rings (SSSR count). The normalized spacial score (nSPS) is 21.0. The molecule has 1 amide bonds. The summed E-state index contributed by atoms with van der Waals surface area (Å²) in [4.78, 5) is 20.9. The van der Waals surface area contributed by atoms with E-state index < -0.39 is 34.2 Å². The molecule has 0 bridgehead atoms. The lowest BCUT2D eigenvalue weighted by Crippen LogP contribution is -2.29. The highest BCUT2D eigenvalue weighted by atomic mass is 19.1. The topological polar surface area (TPSA) is 80.4 Å². The number of hydrogen-bond acceptors (Lipinski definition) is 3. The predicted octanol–water partition coefficient (Wildman–Crippen LogP) is 4.07. The molecule has 0 aliphatic heterocycles. The fraction of sp³-hybridized carbons (Fsp3) is 0.286. The molecule has 2 aromatic rings. The third-order valence-corrected chi connectivity index (χ3v) is 5.12. The molecule has 152 valence electrons. The molecule has 1 aliphatic carbocycles. The van der Waals surface area contributed by atoms with Crippen molar-refractivity contribution < 1.29 is 18.0 Å². The maximum Gasteiger partial charge on any atom is 0.260 e. The van der Waals surface area contributed by atoms with Crippen LogP contribution in [0.15, 0.2) is 53.3 Å². The SMILES string of the molecule is C/C(=C/C(N)=NC(=O)C1(c2ncccc2F)CC1(C)C)Nc1ccc(F)cc1F. The number of halogens is 3. The smallest absolute Gasteiger partial charge is 0.260 e. The van der Waals surface area contributed by atoms with Crippen LogP contribution in [0.3, 0.4) is 0 Å². The van der Waals surface area contributed by atoms with Crippen LogP contribution >= 0.6 is 0 Å². The molecule has 1 aromatic carbocycles. The maximum atomic E-state index is 14.3. The highest BCUT2D eigenvalue weighted by Gasteiger charge is 2.69. The van der Waals surface area contributed by atoms with Crippen LogP contribution in [0.1, 0.15) is 32.9 Å². The first-order valence-corrected chi connectivity index (χ1v) is 8.97. The summed E-state index contributed by atoms with van der Waals surface area (Å²) in [5, 5.41) is 2.73. The number of carbonyl (C=O) groups excluding carboxylic acids is 1. The summed E-state index contributed by atoms with van der Waals surface area (Å²) in [5.74, 6) is -2.75. The Morgan fingerprint density at radius 1 is 1.24 bits per heavy atom. The number of anilines is 1. The Kier molecular flexibility index (Phi) is 5.21. The zero-order chi connectivity index (χ0) is 21.4. The second kappa shape index (κ2) is 7.35. The fourth-order valence-electron chi connectivity index (χ4n) is 3.50. The minimum Gasteiger partial charge on any atom is -0.384 e. The van der Waals surface area contributed by atoms with E-state index in [1.54, 1.807) is 6.92 Å². The van der Waals surface area contributed by atoms with Gasteiger partial charge < -0.3 is 11.1 Å². The lowest BCUT2D eigenvalue weighted by Gasteiger charge is -2.17. The van der Waals surface area contributed by atoms with Gasteiger partial charge in [-0.05, 0) is 49.1 Å². The van der Waals surface area contributed by atoms with E-state index in [0.717, 1.165) is 12.1 Å². The summed E-state index contributed by atoms with van der Waals surface area (Å²) in [5.41, 5.74) is 4.66. The molecule has 0 saturated heterocycles. The summed E-state index contributed by atoms with van der Waals surface area (Å²) < 4.78 is 41.0. The van der Waals surface area contributed by atoms with Gasteiger partial charge >= 0.3 is 0 Å². The van der Waals surface area contributed by atoms with Crippen LogP contribution in [0.25, 0.3) is 0 Å². The summed E-state index contributed by atoms with van der Waals surface area (Å²) in [6, 6.07) is 5.81. The van der Waals surface area contributed by atoms with Crippen molar-refractivity contribution in [3.63, 3.8) is 0 Å². The first-order chi connectivity index (χ1) is 13.6. The van der Waals surface area contributed by atoms with Gasteiger partial charge in [-0.15, -0.1) is 0 Å². The molecule has 8 heteroatoms. The van der Waals surface area contributed by atoms with Gasteiger partial charge in [0.25, 0.3) is 5.91 Å². The molecule has 1 heterocycles. The number of nitrogens with two attached hydrogens (primary N) is 1. The van der Waals surface area contributed by atoms with Crippen molar-refractivity contribution in [1.29, 1.82) is 0 Å². The predicted molar refractivity (Wildman–Crippen MR) is 105 cm³/mol. The van der Waals surface area contributed by atoms with Gasteiger partial charge in [-0.1, -0.05) is 13.8 Å². The van der Waals surface area contributed by atoms with Crippen LogP contribution in [-0.4, -0.2) is 16.7 Å². The fourth-order valence-corrected chi connectivity index (χ4v) is 3.50. The first-order valence-electron chi connectivity index (χ1n) is 8.97. The van der Waals surface area contributed by atoms with Crippen LogP contribution in [0.4, 0.5) is 18.9 Å². The molecule has 1 atom stereocenters. The Hall–Kier alpha value is -3.16. The van der Waals surface area contributed by atoms with E-state index in [-0.39, 0.29) is 17.2 Å². The number of aromatic nitrogens is 1. The number of amides is 1. The largest absolute Gasteiger partial charge is 0.384 e. The van der Waals surface area contributed by atoms with E-state index in [0.29, 0.717) is 12.1 Å². The molecular weight excluding hydrogens is 381 g/mol. The number of amidine groups is 1. The van der Waals surface area contributed by atoms with Crippen molar-refractivity contribution >= 4 is 17.4 Å². The van der Waals surface area contributed by atoms with E-state index in [4.69, 9.17) is 5.73 Å². The highest BCUT2D eigenvalue weighted by molar-refractivity contribution is 6.05. The lowest BCUT2D eigenvalue weighted by atomic mass is 9.90. The zero-order valence-electron chi connectivity index (χ0n) is 16.3. The number of aliphatic imine (C=N–C) groups is 1. The number of nitrogens with zero attached hydrogens (tertiary/aromatic N) is 2. The van der Waals surface area contributed by atoms with Crippen LogP contribution in [0.2, 0.25) is 0 Å². The Morgan fingerprint density at radius 3 is 2.52 bits per heavy atom. The lowest BCUT2D eigenvalue weighted by molar-refractivity contribution is -0.121. The Labute approximate surface area is 166 Å². The molecule has 1 fully saturated rings. The maximum absolute atomic E-state index is 14.3. The second-order valence-electron chi connectivity index (χ2n) is 7.72. The van der Waals surface area contributed by atoms with Gasteiger partial charge in [-0.2, -0.15) is 4.99 Å². The molecule has 3 N–H and O–H groups in total. The van der Waals surface area contributed by atoms with Crippen molar-refractivity contribution in [1.82, 2.24) is 4.98 Å². The average Bonchev–Trinajstić information content (AvgIpc) is 3.21. The number of allylic oxidation sites excluding steroid dienone is 1. The van der Waals surface area contributed by atoms with Crippen molar-refractivity contribution in [3.8, 4) is 0 Å². The minimum atomic E-state index is -1.18. The van der Waals surface area contributed by atoms with Crippen molar-refractivity contribution in [2.45, 2.75) is 32.6 Å². The van der Waals surface area contributed by atoms with Gasteiger partial charge in [0.15, 0.2) is 0 Å². The molecule has 0 radical (unpaired) electrons. The Morgan fingerprint density at radius 2 is 1.93 bits per heavy atom. The molecule has 29 heavy (non-hydrogen) atoms. The van der Waals surface area contributed by atoms with E-state index in [9.17, 15) is 18.0 Å². The van der Waals surface area contributed by atoms with Crippen LogP contribution in [0, 0.1) is 22.9 Å². The van der Waals surface area contributed by atoms with E-state index >= 15 is 0 Å². The summed E-state index contributed by atoms with van der Waals surface area (Å²) in [6.07, 6.45) is 3.17. The van der Waals surface area contributed by atoms with E-state index in [2.05, 4.69) is 15.3 Å². The van der Waals surface area contributed by atoms with Gasteiger partial charge in [-0.25, -0.2) is 13.2 Å². The van der Waals surface area contributed by atoms with Gasteiger partial charge in [-0.3, -0.25) is 9.78 Å². The summed E-state index contributed by atoms with van der Waals surface area (Å²) in [7, 11) is 0. The molecule has 0 spiro atoms. The zero-order valence-corrected chi connectivity index (χ0v) is 16.3. The van der Waals surface area contributed by atoms with Gasteiger partial charge in [0.05, 0.1) is 11.4 Å². The second-order valence-corrected chi connectivity index (χ2v) is 7.72. The molecule has 5 nitrogen and oxygen atoms in total. The number of nitrogens with one attached hydrogen (secondary N) is 1.